The van der Waals surface area contributed by atoms with Crippen molar-refractivity contribution in [1.29, 1.82) is 0 Å². The molecule has 104 valence electrons. The van der Waals surface area contributed by atoms with E-state index in [2.05, 4.69) is 10.6 Å². The zero-order chi connectivity index (χ0) is 13.7. The molecular weight excluding hydrogens is 232 g/mol. The van der Waals surface area contributed by atoms with Crippen molar-refractivity contribution < 1.29 is 14.7 Å². The van der Waals surface area contributed by atoms with E-state index in [9.17, 15) is 9.59 Å². The third-order valence-electron chi connectivity index (χ3n) is 3.07. The standard InChI is InChI=1S/C13H24N2O3/c1-8(2)6-11(12(16)17)15-13(18)14-9(3)7-10-4-5-10/h8-11H,4-7H2,1-3H3,(H,16,17)(H2,14,15,18)/t9?,11-/m1/s1. The fraction of sp³-hybridized carbons (Fsp3) is 0.846. The van der Waals surface area contributed by atoms with Crippen LogP contribution >= 0.6 is 0 Å². The van der Waals surface area contributed by atoms with E-state index in [1.807, 2.05) is 20.8 Å². The topological polar surface area (TPSA) is 78.4 Å². The maximum atomic E-state index is 11.7. The number of carboxylic acids is 1. The molecule has 1 aliphatic carbocycles. The summed E-state index contributed by atoms with van der Waals surface area (Å²) in [5.41, 5.74) is 0. The molecular formula is C13H24N2O3. The Hall–Kier alpha value is -1.26. The smallest absolute Gasteiger partial charge is 0.326 e. The Bertz CT molecular complexity index is 301. The molecule has 5 nitrogen and oxygen atoms in total. The molecule has 2 amide bonds. The van der Waals surface area contributed by atoms with E-state index in [1.165, 1.54) is 12.8 Å². The minimum absolute atomic E-state index is 0.103. The lowest BCUT2D eigenvalue weighted by Gasteiger charge is -2.19. The minimum Gasteiger partial charge on any atom is -0.480 e. The number of hydrogen-bond acceptors (Lipinski definition) is 2. The fourth-order valence-corrected chi connectivity index (χ4v) is 2.03. The molecule has 0 heterocycles. The SMILES string of the molecule is CC(C)C[C@@H](NC(=O)NC(C)CC1CC1)C(=O)O. The Morgan fingerprint density at radius 3 is 2.28 bits per heavy atom. The van der Waals surface area contributed by atoms with Gasteiger partial charge in [0.25, 0.3) is 0 Å². The first-order valence-electron chi connectivity index (χ1n) is 6.68. The van der Waals surface area contributed by atoms with E-state index < -0.39 is 12.0 Å². The number of nitrogens with one attached hydrogen (secondary N) is 2. The van der Waals surface area contributed by atoms with Gasteiger partial charge < -0.3 is 15.7 Å². The first kappa shape index (κ1) is 14.8. The number of rotatable bonds is 7. The zero-order valence-electron chi connectivity index (χ0n) is 11.4. The summed E-state index contributed by atoms with van der Waals surface area (Å²) in [6.07, 6.45) is 3.92. The normalized spacial score (nSPS) is 18.2. The number of hydrogen-bond donors (Lipinski definition) is 3. The number of carbonyl (C=O) groups excluding carboxylic acids is 1. The summed E-state index contributed by atoms with van der Waals surface area (Å²) < 4.78 is 0. The summed E-state index contributed by atoms with van der Waals surface area (Å²) in [6, 6.07) is -1.08. The van der Waals surface area contributed by atoms with Crippen molar-refractivity contribution in [2.45, 2.75) is 58.5 Å². The van der Waals surface area contributed by atoms with Crippen LogP contribution < -0.4 is 10.6 Å². The van der Waals surface area contributed by atoms with Crippen molar-refractivity contribution in [3.8, 4) is 0 Å². The van der Waals surface area contributed by atoms with Crippen molar-refractivity contribution >= 4 is 12.0 Å². The van der Waals surface area contributed by atoms with E-state index in [4.69, 9.17) is 5.11 Å². The third-order valence-corrected chi connectivity index (χ3v) is 3.07. The van der Waals surface area contributed by atoms with Gasteiger partial charge in [-0.15, -0.1) is 0 Å². The number of carboxylic acid groups (broad SMARTS) is 1. The highest BCUT2D eigenvalue weighted by atomic mass is 16.4. The molecule has 3 N–H and O–H groups in total. The van der Waals surface area contributed by atoms with Crippen LogP contribution in [0.3, 0.4) is 0 Å². The average Bonchev–Trinajstić information content (AvgIpc) is 2.99. The molecule has 0 bridgehead atoms. The van der Waals surface area contributed by atoms with Crippen molar-refractivity contribution in [3.63, 3.8) is 0 Å². The van der Waals surface area contributed by atoms with E-state index >= 15 is 0 Å². The van der Waals surface area contributed by atoms with Gasteiger partial charge >= 0.3 is 12.0 Å². The quantitative estimate of drug-likeness (QED) is 0.651. The van der Waals surface area contributed by atoms with Crippen LogP contribution in [0.5, 0.6) is 0 Å². The first-order valence-corrected chi connectivity index (χ1v) is 6.68. The van der Waals surface area contributed by atoms with Crippen molar-refractivity contribution in [2.24, 2.45) is 11.8 Å². The maximum Gasteiger partial charge on any atom is 0.326 e. The summed E-state index contributed by atoms with van der Waals surface area (Å²) in [7, 11) is 0. The average molecular weight is 256 g/mol. The Morgan fingerprint density at radius 2 is 1.83 bits per heavy atom. The van der Waals surface area contributed by atoms with Crippen molar-refractivity contribution in [3.05, 3.63) is 0 Å². The van der Waals surface area contributed by atoms with Gasteiger partial charge in [-0.1, -0.05) is 26.7 Å². The second-order valence-electron chi connectivity index (χ2n) is 5.72. The summed E-state index contributed by atoms with van der Waals surface area (Å²) in [5.74, 6) is -0.00443. The molecule has 0 aromatic rings. The summed E-state index contributed by atoms with van der Waals surface area (Å²) >= 11 is 0. The molecule has 1 unspecified atom stereocenters. The molecule has 0 aliphatic heterocycles. The molecule has 1 rings (SSSR count). The largest absolute Gasteiger partial charge is 0.480 e. The second-order valence-corrected chi connectivity index (χ2v) is 5.72. The van der Waals surface area contributed by atoms with Crippen LogP contribution in [0.25, 0.3) is 0 Å². The molecule has 18 heavy (non-hydrogen) atoms. The summed E-state index contributed by atoms with van der Waals surface area (Å²) in [5, 5.41) is 14.3. The minimum atomic E-state index is -0.978. The lowest BCUT2D eigenvalue weighted by Crippen LogP contribution is -2.48. The van der Waals surface area contributed by atoms with Crippen LogP contribution in [-0.4, -0.2) is 29.2 Å². The van der Waals surface area contributed by atoms with Gasteiger partial charge in [0.1, 0.15) is 6.04 Å². The Kier molecular flexibility index (Phi) is 5.44. The van der Waals surface area contributed by atoms with Gasteiger partial charge in [-0.3, -0.25) is 0 Å². The van der Waals surface area contributed by atoms with Gasteiger partial charge in [0, 0.05) is 6.04 Å². The molecule has 0 aromatic carbocycles. The highest BCUT2D eigenvalue weighted by molar-refractivity contribution is 5.82. The van der Waals surface area contributed by atoms with Crippen LogP contribution in [-0.2, 0) is 4.79 Å². The van der Waals surface area contributed by atoms with Crippen molar-refractivity contribution in [2.75, 3.05) is 0 Å². The highest BCUT2D eigenvalue weighted by Gasteiger charge is 2.25. The van der Waals surface area contributed by atoms with Gasteiger partial charge in [-0.05, 0) is 31.6 Å². The molecule has 0 radical (unpaired) electrons. The maximum absolute atomic E-state index is 11.7. The molecule has 1 saturated carbocycles. The van der Waals surface area contributed by atoms with Gasteiger partial charge in [0.15, 0.2) is 0 Å². The molecule has 0 saturated heterocycles. The van der Waals surface area contributed by atoms with E-state index in [0.717, 1.165) is 12.3 Å². The molecule has 0 aromatic heterocycles. The van der Waals surface area contributed by atoms with Crippen LogP contribution in [0.1, 0.15) is 46.5 Å². The van der Waals surface area contributed by atoms with Crippen LogP contribution in [0.15, 0.2) is 0 Å². The Labute approximate surface area is 108 Å². The molecule has 0 spiro atoms. The van der Waals surface area contributed by atoms with Gasteiger partial charge in [-0.2, -0.15) is 0 Å². The zero-order valence-corrected chi connectivity index (χ0v) is 11.4. The Morgan fingerprint density at radius 1 is 1.22 bits per heavy atom. The van der Waals surface area contributed by atoms with Crippen LogP contribution in [0.4, 0.5) is 4.79 Å². The molecule has 1 aliphatic rings. The number of aliphatic carboxylic acids is 1. The summed E-state index contributed by atoms with van der Waals surface area (Å²) in [4.78, 5) is 22.7. The number of amides is 2. The Balaban J connectivity index is 2.32. The number of carbonyl (C=O) groups is 2. The lowest BCUT2D eigenvalue weighted by atomic mass is 10.0. The van der Waals surface area contributed by atoms with Gasteiger partial charge in [-0.25, -0.2) is 9.59 Å². The first-order chi connectivity index (χ1) is 8.38. The van der Waals surface area contributed by atoms with E-state index in [1.54, 1.807) is 0 Å². The summed E-state index contributed by atoms with van der Waals surface area (Å²) in [6.45, 7) is 5.83. The van der Waals surface area contributed by atoms with Crippen LogP contribution in [0, 0.1) is 11.8 Å². The number of urea groups is 1. The van der Waals surface area contributed by atoms with Crippen molar-refractivity contribution in [1.82, 2.24) is 10.6 Å². The second kappa shape index (κ2) is 6.61. The third kappa shape index (κ3) is 5.89. The molecule has 5 heteroatoms. The monoisotopic (exact) mass is 256 g/mol. The highest BCUT2D eigenvalue weighted by Crippen LogP contribution is 2.33. The molecule has 2 atom stereocenters. The van der Waals surface area contributed by atoms with Gasteiger partial charge in [0.05, 0.1) is 0 Å². The predicted molar refractivity (Wildman–Crippen MR) is 69.3 cm³/mol. The van der Waals surface area contributed by atoms with Crippen LogP contribution in [0.2, 0.25) is 0 Å². The van der Waals surface area contributed by atoms with E-state index in [-0.39, 0.29) is 18.0 Å². The lowest BCUT2D eigenvalue weighted by molar-refractivity contribution is -0.139. The predicted octanol–water partition coefficient (Wildman–Crippen LogP) is 1.97. The van der Waals surface area contributed by atoms with Gasteiger partial charge in [0.2, 0.25) is 0 Å². The fourth-order valence-electron chi connectivity index (χ4n) is 2.03. The molecule has 1 fully saturated rings. The van der Waals surface area contributed by atoms with E-state index in [0.29, 0.717) is 6.42 Å².